The number of nitrogens with two attached hydrogens (primary N) is 1. The van der Waals surface area contributed by atoms with Gasteiger partial charge in [0, 0.05) is 0 Å². The molecule has 2 amide bonds. The third kappa shape index (κ3) is 1.73. The first-order valence-corrected chi connectivity index (χ1v) is 3.94. The van der Waals surface area contributed by atoms with Gasteiger partial charge < -0.3 is 10.8 Å². The first-order valence-electron chi connectivity index (χ1n) is 3.94. The van der Waals surface area contributed by atoms with Crippen LogP contribution in [0.25, 0.3) is 0 Å². The van der Waals surface area contributed by atoms with Gasteiger partial charge in [-0.15, -0.1) is 0 Å². The Balaban J connectivity index is 3.04. The van der Waals surface area contributed by atoms with Gasteiger partial charge in [0.05, 0.1) is 5.54 Å². The smallest absolute Gasteiger partial charge is 0.354 e. The van der Waals surface area contributed by atoms with Crippen LogP contribution in [0.4, 0.5) is 4.79 Å². The maximum absolute atomic E-state index is 10.9. The minimum Gasteiger partial charge on any atom is -0.477 e. The normalized spacial score (nSPS) is 19.0. The van der Waals surface area contributed by atoms with Gasteiger partial charge in [-0.05, 0) is 19.9 Å². The molecular weight excluding hydrogens is 186 g/mol. The summed E-state index contributed by atoms with van der Waals surface area (Å²) < 4.78 is 0. The molecule has 76 valence electrons. The number of carboxylic acids is 1. The predicted molar refractivity (Wildman–Crippen MR) is 49.7 cm³/mol. The molecule has 6 heteroatoms. The lowest BCUT2D eigenvalue weighted by molar-refractivity contribution is -0.132. The Bertz CT molecular complexity index is 344. The average Bonchev–Trinajstić information content (AvgIpc) is 2.01. The van der Waals surface area contributed by atoms with E-state index in [4.69, 9.17) is 10.8 Å². The Morgan fingerprint density at radius 3 is 2.50 bits per heavy atom. The molecule has 0 atom stereocenters. The molecule has 0 spiro atoms. The van der Waals surface area contributed by atoms with E-state index in [1.165, 1.54) is 11.0 Å². The first kappa shape index (κ1) is 10.2. The molecule has 0 aliphatic carbocycles. The van der Waals surface area contributed by atoms with Gasteiger partial charge in [0.2, 0.25) is 0 Å². The van der Waals surface area contributed by atoms with Crippen molar-refractivity contribution < 1.29 is 14.7 Å². The van der Waals surface area contributed by atoms with Gasteiger partial charge in [0.25, 0.3) is 0 Å². The number of carbonyl (C=O) groups excluding carboxylic acids is 1. The summed E-state index contributed by atoms with van der Waals surface area (Å²) in [4.78, 5) is 26.3. The number of rotatable bonds is 1. The Hall–Kier alpha value is -1.85. The molecule has 1 rings (SSSR count). The third-order valence-corrected chi connectivity index (χ3v) is 1.88. The van der Waals surface area contributed by atoms with Gasteiger partial charge in [-0.25, -0.2) is 14.6 Å². The summed E-state index contributed by atoms with van der Waals surface area (Å²) in [5, 5.41) is 8.68. The molecule has 1 aliphatic rings. The van der Waals surface area contributed by atoms with E-state index >= 15 is 0 Å². The molecular formula is C8H11N3O3. The van der Waals surface area contributed by atoms with Gasteiger partial charge in [-0.3, -0.25) is 4.90 Å². The van der Waals surface area contributed by atoms with Gasteiger partial charge >= 0.3 is 12.0 Å². The van der Waals surface area contributed by atoms with E-state index in [1.54, 1.807) is 13.8 Å². The van der Waals surface area contributed by atoms with Crippen molar-refractivity contribution in [2.45, 2.75) is 19.4 Å². The number of carbonyl (C=O) groups is 2. The highest BCUT2D eigenvalue weighted by Gasteiger charge is 2.31. The van der Waals surface area contributed by atoms with Crippen molar-refractivity contribution in [3.63, 3.8) is 0 Å². The summed E-state index contributed by atoms with van der Waals surface area (Å²) in [6.07, 6.45) is 2.51. The van der Waals surface area contributed by atoms with Crippen LogP contribution in [-0.4, -0.2) is 33.9 Å². The quantitative estimate of drug-likeness (QED) is 0.626. The zero-order valence-corrected chi connectivity index (χ0v) is 7.89. The van der Waals surface area contributed by atoms with Crippen LogP contribution in [0.5, 0.6) is 0 Å². The second-order valence-electron chi connectivity index (χ2n) is 3.44. The molecule has 6 nitrogen and oxygen atoms in total. The van der Waals surface area contributed by atoms with Crippen molar-refractivity contribution in [3.05, 3.63) is 11.8 Å². The second kappa shape index (κ2) is 3.13. The monoisotopic (exact) mass is 197 g/mol. The molecule has 0 aromatic rings. The summed E-state index contributed by atoms with van der Waals surface area (Å²) in [5.41, 5.74) is 4.23. The average molecular weight is 197 g/mol. The van der Waals surface area contributed by atoms with Crippen LogP contribution < -0.4 is 5.73 Å². The molecule has 0 saturated heterocycles. The van der Waals surface area contributed by atoms with Crippen LogP contribution in [0.15, 0.2) is 16.8 Å². The number of primary amides is 1. The lowest BCUT2D eigenvalue weighted by atomic mass is 10.0. The van der Waals surface area contributed by atoms with Gasteiger partial charge in [0.1, 0.15) is 12.0 Å². The summed E-state index contributed by atoms with van der Waals surface area (Å²) in [5.74, 6) is -1.13. The van der Waals surface area contributed by atoms with Crippen molar-refractivity contribution in [2.24, 2.45) is 10.7 Å². The topological polar surface area (TPSA) is 96.0 Å². The molecule has 1 heterocycles. The summed E-state index contributed by atoms with van der Waals surface area (Å²) in [7, 11) is 0. The molecule has 0 saturated carbocycles. The number of amides is 2. The first-order chi connectivity index (χ1) is 6.34. The van der Waals surface area contributed by atoms with Crippen LogP contribution in [-0.2, 0) is 4.79 Å². The fourth-order valence-electron chi connectivity index (χ4n) is 1.17. The van der Waals surface area contributed by atoms with E-state index in [-0.39, 0.29) is 5.70 Å². The summed E-state index contributed by atoms with van der Waals surface area (Å²) in [6.45, 7) is 3.34. The fourth-order valence-corrected chi connectivity index (χ4v) is 1.17. The van der Waals surface area contributed by atoms with E-state index in [0.717, 1.165) is 6.34 Å². The lowest BCUT2D eigenvalue weighted by Gasteiger charge is -2.33. The summed E-state index contributed by atoms with van der Waals surface area (Å²) >= 11 is 0. The SMILES string of the molecule is CC1(C)C=C(C(=O)O)N=CN1C(N)=O. The molecule has 0 aromatic heterocycles. The predicted octanol–water partition coefficient (Wildman–Crippen LogP) is 0.156. The molecule has 14 heavy (non-hydrogen) atoms. The number of aliphatic imine (C=N–C) groups is 1. The molecule has 0 fully saturated rings. The maximum Gasteiger partial charge on any atom is 0.354 e. The highest BCUT2D eigenvalue weighted by molar-refractivity contribution is 5.94. The van der Waals surface area contributed by atoms with Gasteiger partial charge in [0.15, 0.2) is 0 Å². The Kier molecular flexibility index (Phi) is 2.29. The van der Waals surface area contributed by atoms with Crippen molar-refractivity contribution in [1.82, 2.24) is 4.90 Å². The zero-order valence-electron chi connectivity index (χ0n) is 7.89. The Labute approximate surface area is 80.7 Å². The molecule has 0 radical (unpaired) electrons. The van der Waals surface area contributed by atoms with Crippen molar-refractivity contribution in [3.8, 4) is 0 Å². The number of hydrogen-bond donors (Lipinski definition) is 2. The van der Waals surface area contributed by atoms with Crippen molar-refractivity contribution in [2.75, 3.05) is 0 Å². The number of aliphatic carboxylic acids is 1. The summed E-state index contributed by atoms with van der Waals surface area (Å²) in [6, 6.07) is -0.667. The molecule has 0 unspecified atom stereocenters. The van der Waals surface area contributed by atoms with E-state index in [2.05, 4.69) is 4.99 Å². The van der Waals surface area contributed by atoms with E-state index in [1.807, 2.05) is 0 Å². The van der Waals surface area contributed by atoms with E-state index in [0.29, 0.717) is 0 Å². The van der Waals surface area contributed by atoms with Gasteiger partial charge in [-0.2, -0.15) is 0 Å². The Morgan fingerprint density at radius 1 is 1.57 bits per heavy atom. The molecule has 0 aromatic carbocycles. The third-order valence-electron chi connectivity index (χ3n) is 1.88. The molecule has 1 aliphatic heterocycles. The maximum atomic E-state index is 10.9. The van der Waals surface area contributed by atoms with Crippen LogP contribution in [0.2, 0.25) is 0 Å². The van der Waals surface area contributed by atoms with Crippen LogP contribution >= 0.6 is 0 Å². The standard InChI is InChI=1S/C8H11N3O3/c1-8(2)3-5(6(12)13)10-4-11(8)7(9)14/h3-4H,1-2H3,(H2,9,14)(H,12,13). The van der Waals surface area contributed by atoms with Crippen molar-refractivity contribution >= 4 is 18.3 Å². The molecule has 0 bridgehead atoms. The minimum absolute atomic E-state index is 0.0903. The largest absolute Gasteiger partial charge is 0.477 e. The number of carboxylic acid groups (broad SMARTS) is 1. The number of urea groups is 1. The number of nitrogens with zero attached hydrogens (tertiary/aromatic N) is 2. The Morgan fingerprint density at radius 2 is 2.14 bits per heavy atom. The van der Waals surface area contributed by atoms with E-state index in [9.17, 15) is 9.59 Å². The zero-order chi connectivity index (χ0) is 10.9. The highest BCUT2D eigenvalue weighted by Crippen LogP contribution is 2.21. The lowest BCUT2D eigenvalue weighted by Crippen LogP contribution is -2.50. The minimum atomic E-state index is -1.13. The van der Waals surface area contributed by atoms with Crippen LogP contribution in [0.1, 0.15) is 13.8 Å². The second-order valence-corrected chi connectivity index (χ2v) is 3.44. The fraction of sp³-hybridized carbons (Fsp3) is 0.375. The van der Waals surface area contributed by atoms with Crippen LogP contribution in [0.3, 0.4) is 0 Å². The molecule has 3 N–H and O–H groups in total. The van der Waals surface area contributed by atoms with Crippen molar-refractivity contribution in [1.29, 1.82) is 0 Å². The van der Waals surface area contributed by atoms with E-state index < -0.39 is 17.5 Å². The van der Waals surface area contributed by atoms with Crippen LogP contribution in [0, 0.1) is 0 Å². The highest BCUT2D eigenvalue weighted by atomic mass is 16.4. The number of hydrogen-bond acceptors (Lipinski definition) is 3. The van der Waals surface area contributed by atoms with Gasteiger partial charge in [-0.1, -0.05) is 0 Å².